The Labute approximate surface area is 186 Å². The van der Waals surface area contributed by atoms with Crippen LogP contribution in [-0.4, -0.2) is 26.4 Å². The van der Waals surface area contributed by atoms with Gasteiger partial charge in [0, 0.05) is 17.3 Å². The van der Waals surface area contributed by atoms with Gasteiger partial charge in [0.1, 0.15) is 12.4 Å². The zero-order chi connectivity index (χ0) is 21.7. The Morgan fingerprint density at radius 1 is 1.10 bits per heavy atom. The number of nitrogens with zero attached hydrogens (tertiary/aromatic N) is 3. The van der Waals surface area contributed by atoms with E-state index in [1.807, 2.05) is 68.7 Å². The van der Waals surface area contributed by atoms with Crippen LogP contribution < -0.4 is 10.1 Å². The summed E-state index contributed by atoms with van der Waals surface area (Å²) < 4.78 is 7.79. The molecule has 1 aromatic heterocycles. The van der Waals surface area contributed by atoms with Crippen molar-refractivity contribution in [1.29, 1.82) is 0 Å². The van der Waals surface area contributed by atoms with Gasteiger partial charge in [-0.2, -0.15) is 0 Å². The Morgan fingerprint density at radius 3 is 2.60 bits per heavy atom. The number of carbonyl (C=O) groups excluding carboxylic acids is 1. The molecule has 2 aromatic carbocycles. The molecule has 30 heavy (non-hydrogen) atoms. The van der Waals surface area contributed by atoms with E-state index in [4.69, 9.17) is 16.3 Å². The van der Waals surface area contributed by atoms with E-state index >= 15 is 0 Å². The van der Waals surface area contributed by atoms with Gasteiger partial charge in [0.25, 0.3) is 0 Å². The van der Waals surface area contributed by atoms with Crippen molar-refractivity contribution in [3.63, 3.8) is 0 Å². The summed E-state index contributed by atoms with van der Waals surface area (Å²) in [6.07, 6.45) is 0. The number of aromatic nitrogens is 3. The number of rotatable bonds is 8. The number of hydrogen-bond acceptors (Lipinski definition) is 5. The first-order chi connectivity index (χ1) is 14.4. The topological polar surface area (TPSA) is 69.0 Å². The van der Waals surface area contributed by atoms with Crippen molar-refractivity contribution in [3.8, 4) is 5.75 Å². The third kappa shape index (κ3) is 5.55. The van der Waals surface area contributed by atoms with E-state index in [9.17, 15) is 4.79 Å². The largest absolute Gasteiger partial charge is 0.486 e. The van der Waals surface area contributed by atoms with Gasteiger partial charge in [-0.1, -0.05) is 29.4 Å². The smallest absolute Gasteiger partial charge is 0.234 e. The summed E-state index contributed by atoms with van der Waals surface area (Å²) in [5.74, 6) is 1.61. The number of anilines is 1. The predicted octanol–water partition coefficient (Wildman–Crippen LogP) is 5.19. The lowest BCUT2D eigenvalue weighted by Gasteiger charge is -2.10. The standard InChI is InChI=1S/C22H25ClN4O2S/c1-5-27-20(12-29-18-8-9-19(23)16(4)11-18)25-26-22(27)30-13-21(28)24-17-7-6-14(2)15(3)10-17/h6-11H,5,12-13H2,1-4H3,(H,24,28). The van der Waals surface area contributed by atoms with E-state index in [0.717, 1.165) is 22.6 Å². The Balaban J connectivity index is 1.58. The molecule has 158 valence electrons. The maximum absolute atomic E-state index is 12.3. The third-order valence-electron chi connectivity index (χ3n) is 4.73. The molecule has 3 rings (SSSR count). The number of halogens is 1. The van der Waals surface area contributed by atoms with Crippen LogP contribution in [0.4, 0.5) is 5.69 Å². The molecular formula is C22H25ClN4O2S. The van der Waals surface area contributed by atoms with Crippen LogP contribution >= 0.6 is 23.4 Å². The zero-order valence-corrected chi connectivity index (χ0v) is 19.1. The van der Waals surface area contributed by atoms with Crippen LogP contribution in [0.15, 0.2) is 41.6 Å². The van der Waals surface area contributed by atoms with Gasteiger partial charge < -0.3 is 14.6 Å². The van der Waals surface area contributed by atoms with E-state index in [1.54, 1.807) is 0 Å². The van der Waals surface area contributed by atoms with Crippen LogP contribution in [0.3, 0.4) is 0 Å². The van der Waals surface area contributed by atoms with Crippen LogP contribution in [0.2, 0.25) is 5.02 Å². The number of nitrogens with one attached hydrogen (secondary N) is 1. The first kappa shape index (κ1) is 22.2. The molecule has 3 aromatic rings. The molecule has 0 unspecified atom stereocenters. The number of aryl methyl sites for hydroxylation is 3. The summed E-state index contributed by atoms with van der Waals surface area (Å²) in [4.78, 5) is 12.3. The van der Waals surface area contributed by atoms with Crippen LogP contribution in [0, 0.1) is 20.8 Å². The van der Waals surface area contributed by atoms with Crippen LogP contribution in [0.1, 0.15) is 29.4 Å². The maximum atomic E-state index is 12.3. The lowest BCUT2D eigenvalue weighted by Crippen LogP contribution is -2.15. The monoisotopic (exact) mass is 444 g/mol. The average molecular weight is 445 g/mol. The second kappa shape index (κ2) is 10.00. The van der Waals surface area contributed by atoms with Gasteiger partial charge >= 0.3 is 0 Å². The minimum Gasteiger partial charge on any atom is -0.486 e. The Morgan fingerprint density at radius 2 is 1.90 bits per heavy atom. The fourth-order valence-corrected chi connectivity index (χ4v) is 3.79. The molecule has 0 aliphatic rings. The molecule has 0 fully saturated rings. The highest BCUT2D eigenvalue weighted by molar-refractivity contribution is 7.99. The van der Waals surface area contributed by atoms with Crippen molar-refractivity contribution in [3.05, 3.63) is 63.9 Å². The van der Waals surface area contributed by atoms with E-state index in [2.05, 4.69) is 15.5 Å². The van der Waals surface area contributed by atoms with E-state index < -0.39 is 0 Å². The van der Waals surface area contributed by atoms with Crippen LogP contribution in [0.25, 0.3) is 0 Å². The summed E-state index contributed by atoms with van der Waals surface area (Å²) >= 11 is 7.41. The molecule has 6 nitrogen and oxygen atoms in total. The molecule has 0 spiro atoms. The number of hydrogen-bond donors (Lipinski definition) is 1. The highest BCUT2D eigenvalue weighted by Gasteiger charge is 2.14. The summed E-state index contributed by atoms with van der Waals surface area (Å²) in [7, 11) is 0. The quantitative estimate of drug-likeness (QED) is 0.484. The molecule has 1 heterocycles. The first-order valence-corrected chi connectivity index (χ1v) is 11.0. The fraction of sp³-hybridized carbons (Fsp3) is 0.318. The first-order valence-electron chi connectivity index (χ1n) is 9.68. The second-order valence-electron chi connectivity index (χ2n) is 6.98. The van der Waals surface area contributed by atoms with Gasteiger partial charge in [0.2, 0.25) is 5.91 Å². The van der Waals surface area contributed by atoms with Crippen molar-refractivity contribution in [2.45, 2.75) is 46.0 Å². The van der Waals surface area contributed by atoms with Crippen molar-refractivity contribution >= 4 is 35.0 Å². The molecule has 8 heteroatoms. The van der Waals surface area contributed by atoms with Gasteiger partial charge in [-0.3, -0.25) is 4.79 Å². The highest BCUT2D eigenvalue weighted by Crippen LogP contribution is 2.23. The van der Waals surface area contributed by atoms with Gasteiger partial charge in [0.05, 0.1) is 5.75 Å². The van der Waals surface area contributed by atoms with Gasteiger partial charge in [-0.05, 0) is 74.7 Å². The zero-order valence-electron chi connectivity index (χ0n) is 17.5. The molecule has 1 N–H and O–H groups in total. The lowest BCUT2D eigenvalue weighted by atomic mass is 10.1. The van der Waals surface area contributed by atoms with Crippen molar-refractivity contribution in [1.82, 2.24) is 14.8 Å². The molecule has 0 radical (unpaired) electrons. The summed E-state index contributed by atoms with van der Waals surface area (Å²) in [5.41, 5.74) is 4.10. The molecule has 0 saturated heterocycles. The van der Waals surface area contributed by atoms with Gasteiger partial charge in [0.15, 0.2) is 11.0 Å². The minimum absolute atomic E-state index is 0.0802. The molecular weight excluding hydrogens is 420 g/mol. The van der Waals surface area contributed by atoms with Crippen molar-refractivity contribution in [2.24, 2.45) is 0 Å². The van der Waals surface area contributed by atoms with Gasteiger partial charge in [-0.25, -0.2) is 0 Å². The SMILES string of the molecule is CCn1c(COc2ccc(Cl)c(C)c2)nnc1SCC(=O)Nc1ccc(C)c(C)c1. The molecule has 0 atom stereocenters. The van der Waals surface area contributed by atoms with Gasteiger partial charge in [-0.15, -0.1) is 10.2 Å². The molecule has 1 amide bonds. The number of benzene rings is 2. The normalized spacial score (nSPS) is 10.8. The van der Waals surface area contributed by atoms with E-state index in [1.165, 1.54) is 17.3 Å². The number of ether oxygens (including phenoxy) is 1. The molecule has 0 bridgehead atoms. The summed E-state index contributed by atoms with van der Waals surface area (Å²) in [6.45, 7) is 8.99. The lowest BCUT2D eigenvalue weighted by molar-refractivity contribution is -0.113. The third-order valence-corrected chi connectivity index (χ3v) is 6.12. The Hall–Kier alpha value is -2.51. The van der Waals surface area contributed by atoms with Crippen molar-refractivity contribution < 1.29 is 9.53 Å². The molecule has 0 saturated carbocycles. The number of thioether (sulfide) groups is 1. The average Bonchev–Trinajstić information content (AvgIpc) is 3.12. The van der Waals surface area contributed by atoms with Crippen LogP contribution in [0.5, 0.6) is 5.75 Å². The molecule has 0 aliphatic heterocycles. The second-order valence-corrected chi connectivity index (χ2v) is 8.33. The fourth-order valence-electron chi connectivity index (χ4n) is 2.85. The maximum Gasteiger partial charge on any atom is 0.234 e. The van der Waals surface area contributed by atoms with E-state index in [0.29, 0.717) is 22.5 Å². The molecule has 0 aliphatic carbocycles. The Bertz CT molecular complexity index is 1050. The number of amides is 1. The number of carbonyl (C=O) groups is 1. The summed E-state index contributed by atoms with van der Waals surface area (Å²) in [6, 6.07) is 11.4. The van der Waals surface area contributed by atoms with E-state index in [-0.39, 0.29) is 18.3 Å². The van der Waals surface area contributed by atoms with Crippen molar-refractivity contribution in [2.75, 3.05) is 11.1 Å². The van der Waals surface area contributed by atoms with Crippen LogP contribution in [-0.2, 0) is 17.9 Å². The summed E-state index contributed by atoms with van der Waals surface area (Å²) in [5, 5.41) is 12.8. The highest BCUT2D eigenvalue weighted by atomic mass is 35.5. The minimum atomic E-state index is -0.0802. The Kier molecular flexibility index (Phi) is 7.39. The predicted molar refractivity (Wildman–Crippen MR) is 121 cm³/mol.